The molecule has 1 atom stereocenters. The van der Waals surface area contributed by atoms with Crippen molar-refractivity contribution < 1.29 is 0 Å². The first kappa shape index (κ1) is 19.4. The highest BCUT2D eigenvalue weighted by molar-refractivity contribution is 14.0. The predicted octanol–water partition coefficient (Wildman–Crippen LogP) is 2.48. The molecule has 23 heavy (non-hydrogen) atoms. The summed E-state index contributed by atoms with van der Waals surface area (Å²) in [6, 6.07) is 8.53. The summed E-state index contributed by atoms with van der Waals surface area (Å²) in [5.74, 6) is 2.52. The van der Waals surface area contributed by atoms with Gasteiger partial charge in [-0.15, -0.1) is 34.2 Å². The molecule has 0 amide bonds. The second-order valence-corrected chi connectivity index (χ2v) is 5.37. The smallest absolute Gasteiger partial charge is 0.191 e. The lowest BCUT2D eigenvalue weighted by molar-refractivity contribution is 0.665. The number of hydrogen-bond acceptors (Lipinski definition) is 3. The molecule has 2 N–H and O–H groups in total. The maximum Gasteiger partial charge on any atom is 0.191 e. The molecule has 126 valence electrons. The van der Waals surface area contributed by atoms with Gasteiger partial charge >= 0.3 is 0 Å². The summed E-state index contributed by atoms with van der Waals surface area (Å²) < 4.78 is 1.96. The Labute approximate surface area is 154 Å². The van der Waals surface area contributed by atoms with E-state index in [1.54, 1.807) is 7.05 Å². The van der Waals surface area contributed by atoms with Crippen LogP contribution in [0.2, 0.25) is 0 Å². The van der Waals surface area contributed by atoms with Crippen molar-refractivity contribution in [2.24, 2.45) is 12.0 Å². The van der Waals surface area contributed by atoms with Crippen LogP contribution in [0.25, 0.3) is 0 Å². The summed E-state index contributed by atoms with van der Waals surface area (Å²) >= 11 is 0. The predicted molar refractivity (Wildman–Crippen MR) is 104 cm³/mol. The van der Waals surface area contributed by atoms with E-state index in [0.717, 1.165) is 17.6 Å². The van der Waals surface area contributed by atoms with E-state index in [1.807, 2.05) is 18.5 Å². The molecule has 1 aromatic heterocycles. The van der Waals surface area contributed by atoms with Crippen LogP contribution < -0.4 is 10.6 Å². The van der Waals surface area contributed by atoms with Gasteiger partial charge in [0.15, 0.2) is 11.8 Å². The SMILES string of the molecule is CN=C(NCc1nnc(C)n1C)NC(C)c1ccccc1C.I. The molecule has 0 fully saturated rings. The summed E-state index contributed by atoms with van der Waals surface area (Å²) in [6.07, 6.45) is 0. The minimum atomic E-state index is 0. The first-order valence-corrected chi connectivity index (χ1v) is 7.40. The lowest BCUT2D eigenvalue weighted by Crippen LogP contribution is -2.38. The molecule has 7 heteroatoms. The van der Waals surface area contributed by atoms with Gasteiger partial charge in [-0.2, -0.15) is 0 Å². The second kappa shape index (κ2) is 8.85. The standard InChI is InChI=1S/C16H24N6.HI/c1-11-8-6-7-9-14(11)12(2)19-16(17-4)18-10-15-21-20-13(3)22(15)5;/h6-9,12H,10H2,1-5H3,(H2,17,18,19);1H. The molecule has 2 aromatic rings. The number of guanidine groups is 1. The van der Waals surface area contributed by atoms with Gasteiger partial charge in [-0.25, -0.2) is 0 Å². The topological polar surface area (TPSA) is 67.1 Å². The van der Waals surface area contributed by atoms with Crippen LogP contribution in [0.15, 0.2) is 29.3 Å². The Morgan fingerprint density at radius 1 is 1.26 bits per heavy atom. The Morgan fingerprint density at radius 2 is 1.96 bits per heavy atom. The van der Waals surface area contributed by atoms with Crippen molar-refractivity contribution in [1.82, 2.24) is 25.4 Å². The van der Waals surface area contributed by atoms with Crippen molar-refractivity contribution in [3.63, 3.8) is 0 Å². The third-order valence-electron chi connectivity index (χ3n) is 3.83. The number of rotatable bonds is 4. The minimum absolute atomic E-state index is 0. The maximum absolute atomic E-state index is 4.27. The molecule has 0 saturated heterocycles. The van der Waals surface area contributed by atoms with Crippen LogP contribution in [0.1, 0.15) is 35.7 Å². The van der Waals surface area contributed by atoms with Gasteiger partial charge in [-0.3, -0.25) is 4.99 Å². The summed E-state index contributed by atoms with van der Waals surface area (Å²) in [4.78, 5) is 4.27. The molecule has 0 spiro atoms. The monoisotopic (exact) mass is 428 g/mol. The number of hydrogen-bond donors (Lipinski definition) is 2. The Hall–Kier alpha value is -1.64. The molecule has 0 aliphatic rings. The summed E-state index contributed by atoms with van der Waals surface area (Å²) in [7, 11) is 3.72. The second-order valence-electron chi connectivity index (χ2n) is 5.37. The molecule has 1 unspecified atom stereocenters. The van der Waals surface area contributed by atoms with Crippen molar-refractivity contribution in [2.75, 3.05) is 7.05 Å². The van der Waals surface area contributed by atoms with Gasteiger partial charge in [-0.05, 0) is 31.9 Å². The lowest BCUT2D eigenvalue weighted by atomic mass is 10.0. The van der Waals surface area contributed by atoms with E-state index in [0.29, 0.717) is 6.54 Å². The van der Waals surface area contributed by atoms with Crippen LogP contribution in [-0.4, -0.2) is 27.8 Å². The fourth-order valence-corrected chi connectivity index (χ4v) is 2.32. The highest BCUT2D eigenvalue weighted by Gasteiger charge is 2.11. The first-order valence-electron chi connectivity index (χ1n) is 7.40. The number of aryl methyl sites for hydroxylation is 2. The molecule has 1 aromatic carbocycles. The summed E-state index contributed by atoms with van der Waals surface area (Å²) in [5, 5.41) is 14.9. The molecule has 0 saturated carbocycles. The zero-order chi connectivity index (χ0) is 16.1. The van der Waals surface area contributed by atoms with Gasteiger partial charge in [-0.1, -0.05) is 24.3 Å². The molecule has 6 nitrogen and oxygen atoms in total. The van der Waals surface area contributed by atoms with Gasteiger partial charge < -0.3 is 15.2 Å². The molecular formula is C16H25IN6. The van der Waals surface area contributed by atoms with Gasteiger partial charge in [0.1, 0.15) is 5.82 Å². The molecule has 2 rings (SSSR count). The van der Waals surface area contributed by atoms with Crippen LogP contribution in [0, 0.1) is 13.8 Å². The fraction of sp³-hybridized carbons (Fsp3) is 0.438. The Balaban J connectivity index is 0.00000264. The number of aliphatic imine (C=N–C) groups is 1. The highest BCUT2D eigenvalue weighted by Crippen LogP contribution is 2.16. The Morgan fingerprint density at radius 3 is 2.52 bits per heavy atom. The third kappa shape index (κ3) is 4.92. The number of halogens is 1. The third-order valence-corrected chi connectivity index (χ3v) is 3.83. The van der Waals surface area contributed by atoms with E-state index in [1.165, 1.54) is 11.1 Å². The van der Waals surface area contributed by atoms with Crippen molar-refractivity contribution >= 4 is 29.9 Å². The normalized spacial score (nSPS) is 12.5. The Bertz CT molecular complexity index is 664. The quantitative estimate of drug-likeness (QED) is 0.446. The van der Waals surface area contributed by atoms with Gasteiger partial charge in [0.05, 0.1) is 12.6 Å². The van der Waals surface area contributed by atoms with Gasteiger partial charge in [0.2, 0.25) is 0 Å². The van der Waals surface area contributed by atoms with E-state index < -0.39 is 0 Å². The number of aromatic nitrogens is 3. The first-order chi connectivity index (χ1) is 10.5. The largest absolute Gasteiger partial charge is 0.350 e. The zero-order valence-corrected chi connectivity index (χ0v) is 16.6. The average Bonchev–Trinajstić information content (AvgIpc) is 2.83. The van der Waals surface area contributed by atoms with E-state index in [-0.39, 0.29) is 30.0 Å². The average molecular weight is 428 g/mol. The maximum atomic E-state index is 4.27. The van der Waals surface area contributed by atoms with E-state index in [2.05, 4.69) is 63.9 Å². The summed E-state index contributed by atoms with van der Waals surface area (Å²) in [5.41, 5.74) is 2.53. The Kier molecular flexibility index (Phi) is 7.47. The lowest BCUT2D eigenvalue weighted by Gasteiger charge is -2.19. The zero-order valence-electron chi connectivity index (χ0n) is 14.3. The van der Waals surface area contributed by atoms with Crippen LogP contribution >= 0.6 is 24.0 Å². The molecule has 0 radical (unpaired) electrons. The minimum Gasteiger partial charge on any atom is -0.350 e. The highest BCUT2D eigenvalue weighted by atomic mass is 127. The van der Waals surface area contributed by atoms with Crippen LogP contribution in [0.3, 0.4) is 0 Å². The van der Waals surface area contributed by atoms with E-state index >= 15 is 0 Å². The van der Waals surface area contributed by atoms with Crippen LogP contribution in [0.5, 0.6) is 0 Å². The van der Waals surface area contributed by atoms with Gasteiger partial charge in [0.25, 0.3) is 0 Å². The van der Waals surface area contributed by atoms with E-state index in [4.69, 9.17) is 0 Å². The summed E-state index contributed by atoms with van der Waals surface area (Å²) in [6.45, 7) is 6.76. The van der Waals surface area contributed by atoms with Crippen molar-refractivity contribution in [3.8, 4) is 0 Å². The number of benzene rings is 1. The van der Waals surface area contributed by atoms with Crippen LogP contribution in [0.4, 0.5) is 0 Å². The molecule has 0 bridgehead atoms. The van der Waals surface area contributed by atoms with Crippen molar-refractivity contribution in [2.45, 2.75) is 33.4 Å². The molecule has 1 heterocycles. The number of nitrogens with one attached hydrogen (secondary N) is 2. The molecule has 0 aliphatic carbocycles. The van der Waals surface area contributed by atoms with Gasteiger partial charge in [0, 0.05) is 14.1 Å². The van der Waals surface area contributed by atoms with Crippen LogP contribution in [-0.2, 0) is 13.6 Å². The molecular weight excluding hydrogens is 403 g/mol. The number of nitrogens with zero attached hydrogens (tertiary/aromatic N) is 4. The van der Waals surface area contributed by atoms with E-state index in [9.17, 15) is 0 Å². The van der Waals surface area contributed by atoms with Crippen molar-refractivity contribution in [1.29, 1.82) is 0 Å². The van der Waals surface area contributed by atoms with Crippen molar-refractivity contribution in [3.05, 3.63) is 47.0 Å². The fourth-order valence-electron chi connectivity index (χ4n) is 2.32. The molecule has 0 aliphatic heterocycles.